The number of aliphatic hydroxyl groups excluding tert-OH is 1. The number of aliphatic hydroxyl groups is 1. The average Bonchev–Trinajstić information content (AvgIpc) is 3.75. The normalized spacial score (nSPS) is 13.2. The number of rotatable bonds is 44. The Balaban J connectivity index is 2.37. The van der Waals surface area contributed by atoms with Gasteiger partial charge in [-0.2, -0.15) is 0 Å². The van der Waals surface area contributed by atoms with Gasteiger partial charge in [0.1, 0.15) is 0 Å². The van der Waals surface area contributed by atoms with Gasteiger partial charge in [-0.1, -0.05) is 175 Å². The summed E-state index contributed by atoms with van der Waals surface area (Å²) in [6, 6.07) is 0. The van der Waals surface area contributed by atoms with Crippen molar-refractivity contribution in [3.05, 3.63) is 18.7 Å². The van der Waals surface area contributed by atoms with Gasteiger partial charge in [-0.15, -0.1) is 0 Å². The Morgan fingerprint density at radius 1 is 0.552 bits per heavy atom. The average molecular weight is 818 g/mol. The van der Waals surface area contributed by atoms with Crippen molar-refractivity contribution in [3.8, 4) is 0 Å². The first-order chi connectivity index (χ1) is 28.4. The number of imidazole rings is 1. The summed E-state index contributed by atoms with van der Waals surface area (Å²) in [7, 11) is 0. The van der Waals surface area contributed by atoms with E-state index in [1.807, 2.05) is 18.7 Å². The smallest absolute Gasteiger partial charge is 0.305 e. The van der Waals surface area contributed by atoms with Gasteiger partial charge < -0.3 is 24.0 Å². The molecule has 0 fully saturated rings. The molecular weight excluding hydrogens is 723 g/mol. The quantitative estimate of drug-likeness (QED) is 0.0518. The molecule has 1 aromatic rings. The SMILES string of the molecule is CCCCCCCC(CCCCC)CCOC(=O)CCCCCCN(CCn1ccnc1)CC(CO)CCCCC(=O)OCCC(CCCCC)CCCCCCC. The molecule has 0 saturated heterocycles. The van der Waals surface area contributed by atoms with Crippen LogP contribution in [0.3, 0.4) is 0 Å². The number of hydrogen-bond donors (Lipinski definition) is 1. The lowest BCUT2D eigenvalue weighted by Gasteiger charge is -2.27. The van der Waals surface area contributed by atoms with Crippen molar-refractivity contribution >= 4 is 11.9 Å². The van der Waals surface area contributed by atoms with Gasteiger partial charge >= 0.3 is 11.9 Å². The van der Waals surface area contributed by atoms with Crippen molar-refractivity contribution in [1.82, 2.24) is 14.5 Å². The molecule has 0 aliphatic rings. The second-order valence-electron chi connectivity index (χ2n) is 17.7. The molecule has 3 atom stereocenters. The molecule has 8 heteroatoms. The van der Waals surface area contributed by atoms with Gasteiger partial charge in [0.25, 0.3) is 0 Å². The second kappa shape index (κ2) is 40.5. The van der Waals surface area contributed by atoms with Gasteiger partial charge in [-0.05, 0) is 62.8 Å². The molecule has 1 heterocycles. The maximum absolute atomic E-state index is 12.6. The highest BCUT2D eigenvalue weighted by atomic mass is 16.5. The Bertz CT molecular complexity index is 1020. The van der Waals surface area contributed by atoms with Crippen LogP contribution in [0.25, 0.3) is 0 Å². The van der Waals surface area contributed by atoms with Crippen LogP contribution in [0.2, 0.25) is 0 Å². The zero-order valence-corrected chi connectivity index (χ0v) is 38.8. The molecule has 8 nitrogen and oxygen atoms in total. The Labute approximate surface area is 358 Å². The predicted octanol–water partition coefficient (Wildman–Crippen LogP) is 13.3. The number of esters is 2. The zero-order chi connectivity index (χ0) is 42.2. The van der Waals surface area contributed by atoms with E-state index in [1.165, 1.54) is 128 Å². The Morgan fingerprint density at radius 2 is 0.983 bits per heavy atom. The number of aromatic nitrogens is 2. The fourth-order valence-corrected chi connectivity index (χ4v) is 8.36. The second-order valence-corrected chi connectivity index (χ2v) is 17.7. The third-order valence-electron chi connectivity index (χ3n) is 12.3. The van der Waals surface area contributed by atoms with E-state index in [-0.39, 0.29) is 24.5 Å². The lowest BCUT2D eigenvalue weighted by molar-refractivity contribution is -0.145. The van der Waals surface area contributed by atoms with Crippen LogP contribution in [0.1, 0.15) is 227 Å². The third kappa shape index (κ3) is 32.9. The molecule has 0 aromatic carbocycles. The Kier molecular flexibility index (Phi) is 37.7. The van der Waals surface area contributed by atoms with E-state index in [2.05, 4.69) is 42.1 Å². The molecule has 1 rings (SSSR count). The monoisotopic (exact) mass is 818 g/mol. The number of nitrogens with zero attached hydrogens (tertiary/aromatic N) is 3. The molecule has 0 aliphatic heterocycles. The number of carbonyl (C=O) groups is 2. The van der Waals surface area contributed by atoms with E-state index in [4.69, 9.17) is 9.47 Å². The molecule has 0 amide bonds. The first-order valence-corrected chi connectivity index (χ1v) is 25.1. The van der Waals surface area contributed by atoms with E-state index >= 15 is 0 Å². The summed E-state index contributed by atoms with van der Waals surface area (Å²) in [6.07, 6.45) is 41.3. The van der Waals surface area contributed by atoms with Crippen LogP contribution in [-0.2, 0) is 25.6 Å². The molecule has 1 aromatic heterocycles. The van der Waals surface area contributed by atoms with Crippen LogP contribution in [0.5, 0.6) is 0 Å². The van der Waals surface area contributed by atoms with Gasteiger partial charge in [0.2, 0.25) is 0 Å². The minimum atomic E-state index is -0.0686. The van der Waals surface area contributed by atoms with Crippen molar-refractivity contribution in [3.63, 3.8) is 0 Å². The molecule has 58 heavy (non-hydrogen) atoms. The summed E-state index contributed by atoms with van der Waals surface area (Å²) in [6.45, 7) is 13.9. The minimum absolute atomic E-state index is 0.0359. The topological polar surface area (TPSA) is 93.9 Å². The van der Waals surface area contributed by atoms with Crippen molar-refractivity contribution in [2.75, 3.05) is 39.5 Å². The lowest BCUT2D eigenvalue weighted by atomic mass is 9.92. The largest absolute Gasteiger partial charge is 0.466 e. The maximum atomic E-state index is 12.6. The molecule has 0 aliphatic carbocycles. The minimum Gasteiger partial charge on any atom is -0.466 e. The Morgan fingerprint density at radius 3 is 1.48 bits per heavy atom. The summed E-state index contributed by atoms with van der Waals surface area (Å²) in [5, 5.41) is 10.3. The van der Waals surface area contributed by atoms with Gasteiger partial charge in [0.05, 0.1) is 19.5 Å². The highest BCUT2D eigenvalue weighted by Gasteiger charge is 2.16. The fraction of sp³-hybridized carbons (Fsp3) is 0.900. The summed E-state index contributed by atoms with van der Waals surface area (Å²) in [5.41, 5.74) is 0. The van der Waals surface area contributed by atoms with E-state index < -0.39 is 0 Å². The standard InChI is InChI=1S/C50H95N3O5/c1-5-9-13-15-21-29-46(27-19-11-7-3)34-41-57-49(55)32-23-17-18-26-37-52(39-40-53-38-36-51-45-53)43-48(44-54)31-24-25-33-50(56)58-42-35-47(28-20-12-8-4)30-22-16-14-10-6-2/h36,38,45-48,54H,5-35,37,39-44H2,1-4H3. The molecule has 0 spiro atoms. The first kappa shape index (κ1) is 54.1. The molecule has 3 unspecified atom stereocenters. The van der Waals surface area contributed by atoms with E-state index in [1.54, 1.807) is 0 Å². The molecule has 1 N–H and O–H groups in total. The summed E-state index contributed by atoms with van der Waals surface area (Å²) in [4.78, 5) is 31.8. The van der Waals surface area contributed by atoms with E-state index in [9.17, 15) is 14.7 Å². The molecule has 0 bridgehead atoms. The molecular formula is C50H95N3O5. The van der Waals surface area contributed by atoms with Crippen LogP contribution >= 0.6 is 0 Å². The van der Waals surface area contributed by atoms with Gasteiger partial charge in [0, 0.05) is 51.5 Å². The summed E-state index contributed by atoms with van der Waals surface area (Å²) < 4.78 is 13.5. The predicted molar refractivity (Wildman–Crippen MR) is 244 cm³/mol. The highest BCUT2D eigenvalue weighted by Crippen LogP contribution is 2.23. The van der Waals surface area contributed by atoms with Crippen molar-refractivity contribution < 1.29 is 24.2 Å². The highest BCUT2D eigenvalue weighted by molar-refractivity contribution is 5.69. The fourth-order valence-electron chi connectivity index (χ4n) is 8.36. The number of carbonyl (C=O) groups excluding carboxylic acids is 2. The molecule has 0 radical (unpaired) electrons. The first-order valence-electron chi connectivity index (χ1n) is 25.1. The maximum Gasteiger partial charge on any atom is 0.305 e. The van der Waals surface area contributed by atoms with Crippen LogP contribution < -0.4 is 0 Å². The number of unbranched alkanes of at least 4 members (excludes halogenated alkanes) is 16. The summed E-state index contributed by atoms with van der Waals surface area (Å²) >= 11 is 0. The Hall–Kier alpha value is -1.93. The van der Waals surface area contributed by atoms with Gasteiger partial charge in [0.15, 0.2) is 0 Å². The van der Waals surface area contributed by atoms with E-state index in [0.29, 0.717) is 37.9 Å². The number of ether oxygens (including phenoxy) is 2. The van der Waals surface area contributed by atoms with Crippen LogP contribution in [0.15, 0.2) is 18.7 Å². The van der Waals surface area contributed by atoms with Crippen LogP contribution in [-0.4, -0.2) is 71.0 Å². The van der Waals surface area contributed by atoms with Crippen LogP contribution in [0, 0.1) is 17.8 Å². The third-order valence-corrected chi connectivity index (χ3v) is 12.3. The van der Waals surface area contributed by atoms with Gasteiger partial charge in [-0.3, -0.25) is 9.59 Å². The molecule has 0 saturated carbocycles. The number of hydrogen-bond acceptors (Lipinski definition) is 7. The van der Waals surface area contributed by atoms with Gasteiger partial charge in [-0.25, -0.2) is 4.98 Å². The lowest BCUT2D eigenvalue weighted by Crippen LogP contribution is -2.34. The van der Waals surface area contributed by atoms with Crippen molar-refractivity contribution in [2.45, 2.75) is 233 Å². The van der Waals surface area contributed by atoms with Crippen molar-refractivity contribution in [2.24, 2.45) is 17.8 Å². The van der Waals surface area contributed by atoms with Crippen molar-refractivity contribution in [1.29, 1.82) is 0 Å². The van der Waals surface area contributed by atoms with E-state index in [0.717, 1.165) is 84.0 Å². The molecule has 340 valence electrons. The summed E-state index contributed by atoms with van der Waals surface area (Å²) in [5.74, 6) is 1.44. The van der Waals surface area contributed by atoms with Crippen LogP contribution in [0.4, 0.5) is 0 Å². The zero-order valence-electron chi connectivity index (χ0n) is 38.8.